The van der Waals surface area contributed by atoms with Gasteiger partial charge in [0.05, 0.1) is 23.5 Å². The van der Waals surface area contributed by atoms with Gasteiger partial charge in [-0.15, -0.1) is 9.24 Å². The molecule has 0 aliphatic heterocycles. The zero-order valence-electron chi connectivity index (χ0n) is 23.7. The predicted molar refractivity (Wildman–Crippen MR) is 145 cm³/mol. The first-order valence-corrected chi connectivity index (χ1v) is 13.0. The molecule has 33 heavy (non-hydrogen) atoms. The molecule has 7 nitrogen and oxygen atoms in total. The second kappa shape index (κ2) is 19.5. The first-order valence-electron chi connectivity index (χ1n) is 12.5. The van der Waals surface area contributed by atoms with Crippen LogP contribution >= 0.6 is 9.24 Å². The molecule has 0 aliphatic carbocycles. The zero-order chi connectivity index (χ0) is 26.7. The number of rotatable bonds is 15. The van der Waals surface area contributed by atoms with E-state index in [2.05, 4.69) is 25.2 Å². The van der Waals surface area contributed by atoms with Gasteiger partial charge < -0.3 is 25.4 Å². The molecule has 2 amide bonds. The van der Waals surface area contributed by atoms with Crippen molar-refractivity contribution in [3.8, 4) is 0 Å². The fourth-order valence-electron chi connectivity index (χ4n) is 2.48. The average Bonchev–Trinajstić information content (AvgIpc) is 2.77. The molecular formula is C25H56N3O4P. The van der Waals surface area contributed by atoms with E-state index in [-0.39, 0.29) is 23.5 Å². The van der Waals surface area contributed by atoms with Crippen LogP contribution in [-0.4, -0.2) is 68.1 Å². The van der Waals surface area contributed by atoms with E-state index in [9.17, 15) is 9.59 Å². The summed E-state index contributed by atoms with van der Waals surface area (Å²) >= 11 is 0. The van der Waals surface area contributed by atoms with Gasteiger partial charge in [0.2, 0.25) is 11.8 Å². The molecule has 0 heterocycles. The molecular weight excluding hydrogens is 437 g/mol. The Morgan fingerprint density at radius 1 is 0.970 bits per heavy atom. The third kappa shape index (κ3) is 20.3. The van der Waals surface area contributed by atoms with Crippen molar-refractivity contribution in [2.75, 3.05) is 33.9 Å². The second-order valence-corrected chi connectivity index (χ2v) is 10.6. The number of hydrogen-bond acceptors (Lipinski definition) is 5. The van der Waals surface area contributed by atoms with Crippen molar-refractivity contribution in [1.82, 2.24) is 16.0 Å². The molecule has 0 spiro atoms. The van der Waals surface area contributed by atoms with Gasteiger partial charge in [0.25, 0.3) is 0 Å². The summed E-state index contributed by atoms with van der Waals surface area (Å²) in [7, 11) is 6.18. The molecule has 3 unspecified atom stereocenters. The maximum absolute atomic E-state index is 12.8. The third-order valence-corrected chi connectivity index (χ3v) is 5.33. The van der Waals surface area contributed by atoms with Gasteiger partial charge in [-0.2, -0.15) is 0 Å². The highest BCUT2D eigenvalue weighted by molar-refractivity contribution is 7.21. The Morgan fingerprint density at radius 3 is 2.00 bits per heavy atom. The van der Waals surface area contributed by atoms with Crippen LogP contribution in [0.3, 0.4) is 0 Å². The predicted octanol–water partition coefficient (Wildman–Crippen LogP) is 4.29. The molecule has 0 saturated carbocycles. The molecule has 0 radical (unpaired) electrons. The Kier molecular flexibility index (Phi) is 21.8. The van der Waals surface area contributed by atoms with Crippen molar-refractivity contribution in [1.29, 1.82) is 0 Å². The number of nitrogens with one attached hydrogen (secondary N) is 3. The average molecular weight is 494 g/mol. The van der Waals surface area contributed by atoms with Gasteiger partial charge in [-0.1, -0.05) is 27.7 Å². The van der Waals surface area contributed by atoms with Gasteiger partial charge >= 0.3 is 0 Å². The number of carbonyl (C=O) groups excluding carboxylic acids is 2. The lowest BCUT2D eigenvalue weighted by molar-refractivity contribution is -0.128. The van der Waals surface area contributed by atoms with Crippen molar-refractivity contribution in [3.63, 3.8) is 0 Å². The van der Waals surface area contributed by atoms with Crippen LogP contribution in [-0.2, 0) is 19.1 Å². The summed E-state index contributed by atoms with van der Waals surface area (Å²) in [4.78, 5) is 24.1. The Balaban J connectivity index is -0.00000212. The molecule has 200 valence electrons. The van der Waals surface area contributed by atoms with E-state index in [0.717, 1.165) is 13.0 Å². The number of ether oxygens (including phenoxy) is 2. The fraction of sp³-hybridized carbons (Fsp3) is 0.920. The van der Waals surface area contributed by atoms with Crippen molar-refractivity contribution >= 4 is 21.1 Å². The highest BCUT2D eigenvalue weighted by Gasteiger charge is 2.34. The minimum atomic E-state index is -0.712. The number of amides is 2. The first kappa shape index (κ1) is 36.8. The van der Waals surface area contributed by atoms with Gasteiger partial charge in [0.15, 0.2) is 0 Å². The van der Waals surface area contributed by atoms with Gasteiger partial charge in [-0.05, 0) is 74.4 Å². The van der Waals surface area contributed by atoms with E-state index in [1.165, 1.54) is 0 Å². The maximum atomic E-state index is 12.8. The summed E-state index contributed by atoms with van der Waals surface area (Å²) in [6.07, 6.45) is 2.68. The summed E-state index contributed by atoms with van der Waals surface area (Å²) in [5, 5.41) is 8.13. The molecule has 0 aliphatic rings. The van der Waals surface area contributed by atoms with Crippen LogP contribution in [0.1, 0.15) is 94.9 Å². The number of carbonyl (C=O) groups is 2. The van der Waals surface area contributed by atoms with Crippen LogP contribution < -0.4 is 16.0 Å². The van der Waals surface area contributed by atoms with Crippen LogP contribution in [0, 0.1) is 0 Å². The Labute approximate surface area is 207 Å². The molecule has 0 rings (SSSR count). The van der Waals surface area contributed by atoms with Gasteiger partial charge in [-0.25, -0.2) is 0 Å². The Hall–Kier alpha value is -0.750. The largest absolute Gasteiger partial charge is 0.378 e. The minimum absolute atomic E-state index is 0.000889. The quantitative estimate of drug-likeness (QED) is 0.296. The highest BCUT2D eigenvalue weighted by atomic mass is 31.0. The second-order valence-electron chi connectivity index (χ2n) is 9.30. The topological polar surface area (TPSA) is 88.7 Å². The molecule has 0 saturated heterocycles. The van der Waals surface area contributed by atoms with E-state index >= 15 is 0 Å². The van der Waals surface area contributed by atoms with E-state index in [0.29, 0.717) is 32.5 Å². The van der Waals surface area contributed by atoms with Crippen molar-refractivity contribution in [2.24, 2.45) is 0 Å². The highest BCUT2D eigenvalue weighted by Crippen LogP contribution is 2.24. The van der Waals surface area contributed by atoms with E-state index in [4.69, 9.17) is 9.47 Å². The normalized spacial score (nSPS) is 14.0. The number of hydrogen-bond donors (Lipinski definition) is 3. The molecule has 3 N–H and O–H groups in total. The summed E-state index contributed by atoms with van der Waals surface area (Å²) in [6, 6.07) is 0. The standard InChI is InChI=1S/C21H44N3O4P.2C2H6/c1-16(9-10-17(25)23-8)27-14-12-19(2,3)24-18(26)21(6,29)15-28-20(4,5)11-13-22-7;2*1-2/h16,22H,9-15,29H2,1-8H3,(H,23,25)(H,24,26);2*1-2H3. The molecule has 3 atom stereocenters. The lowest BCUT2D eigenvalue weighted by Gasteiger charge is -2.34. The fourth-order valence-corrected chi connectivity index (χ4v) is 2.64. The lowest BCUT2D eigenvalue weighted by atomic mass is 9.99. The summed E-state index contributed by atoms with van der Waals surface area (Å²) in [5.74, 6) is -0.0475. The van der Waals surface area contributed by atoms with Crippen LogP contribution in [0.5, 0.6) is 0 Å². The van der Waals surface area contributed by atoms with Crippen LogP contribution in [0.4, 0.5) is 0 Å². The first-order chi connectivity index (χ1) is 15.2. The lowest BCUT2D eigenvalue weighted by Crippen LogP contribution is -2.53. The molecule has 0 aromatic heterocycles. The Bertz CT molecular complexity index is 512. The molecule has 8 heteroatoms. The van der Waals surface area contributed by atoms with E-state index in [1.807, 2.05) is 76.3 Å². The third-order valence-electron chi connectivity index (χ3n) is 4.90. The van der Waals surface area contributed by atoms with Crippen LogP contribution in [0.15, 0.2) is 0 Å². The van der Waals surface area contributed by atoms with E-state index < -0.39 is 10.7 Å². The molecule has 0 bridgehead atoms. The molecule has 0 fully saturated rings. The van der Waals surface area contributed by atoms with Gasteiger partial charge in [0.1, 0.15) is 0 Å². The van der Waals surface area contributed by atoms with Crippen molar-refractivity contribution in [3.05, 3.63) is 0 Å². The van der Waals surface area contributed by atoms with E-state index in [1.54, 1.807) is 7.05 Å². The van der Waals surface area contributed by atoms with Crippen molar-refractivity contribution < 1.29 is 19.1 Å². The SMILES string of the molecule is CC.CC.CNCCC(C)(C)OCC(C)(P)C(=O)NC(C)(C)CCOC(C)CCC(=O)NC. The van der Waals surface area contributed by atoms with Crippen LogP contribution in [0.2, 0.25) is 0 Å². The Morgan fingerprint density at radius 2 is 1.52 bits per heavy atom. The van der Waals surface area contributed by atoms with Crippen molar-refractivity contribution in [2.45, 2.75) is 117 Å². The summed E-state index contributed by atoms with van der Waals surface area (Å²) in [6.45, 7) is 21.6. The monoisotopic (exact) mass is 493 g/mol. The minimum Gasteiger partial charge on any atom is -0.378 e. The molecule has 0 aromatic carbocycles. The summed E-state index contributed by atoms with van der Waals surface area (Å²) in [5.41, 5.74) is -0.702. The van der Waals surface area contributed by atoms with Crippen LogP contribution in [0.25, 0.3) is 0 Å². The van der Waals surface area contributed by atoms with Gasteiger partial charge in [-0.3, -0.25) is 9.59 Å². The maximum Gasteiger partial charge on any atom is 0.232 e. The smallest absolute Gasteiger partial charge is 0.232 e. The zero-order valence-corrected chi connectivity index (χ0v) is 24.9. The van der Waals surface area contributed by atoms with Gasteiger partial charge in [0, 0.05) is 25.6 Å². The summed E-state index contributed by atoms with van der Waals surface area (Å²) < 4.78 is 11.8. The molecule has 0 aromatic rings.